The standard InChI is InChI=1S/C21H24N2O4/c1-13(2)17-7-5-14(3)9-19(17)25-11-21(24)23-22-15(4)16-6-8-18-20(10-16)27-12-26-18/h5-10,13H,11-12H2,1-4H3,(H,23,24)/b22-15-. The highest BCUT2D eigenvalue weighted by molar-refractivity contribution is 5.99. The quantitative estimate of drug-likeness (QED) is 0.622. The number of nitrogens with zero attached hydrogens (tertiary/aromatic N) is 1. The number of carbonyl (C=O) groups is 1. The molecule has 1 amide bonds. The van der Waals surface area contributed by atoms with Gasteiger partial charge in [-0.05, 0) is 55.2 Å². The fourth-order valence-corrected chi connectivity index (χ4v) is 2.75. The highest BCUT2D eigenvalue weighted by atomic mass is 16.7. The fraction of sp³-hybridized carbons (Fsp3) is 0.333. The van der Waals surface area contributed by atoms with Crippen molar-refractivity contribution in [2.45, 2.75) is 33.6 Å². The number of aryl methyl sites for hydroxylation is 1. The van der Waals surface area contributed by atoms with E-state index in [1.54, 1.807) is 0 Å². The summed E-state index contributed by atoms with van der Waals surface area (Å²) in [5, 5.41) is 4.15. The second-order valence-corrected chi connectivity index (χ2v) is 6.78. The van der Waals surface area contributed by atoms with Gasteiger partial charge < -0.3 is 14.2 Å². The van der Waals surface area contributed by atoms with Crippen molar-refractivity contribution in [2.75, 3.05) is 13.4 Å². The van der Waals surface area contributed by atoms with Gasteiger partial charge in [0.15, 0.2) is 18.1 Å². The number of carbonyl (C=O) groups excluding carboxylic acids is 1. The molecule has 1 aliphatic rings. The molecule has 0 fully saturated rings. The molecule has 6 nitrogen and oxygen atoms in total. The van der Waals surface area contributed by atoms with Gasteiger partial charge in [0, 0.05) is 5.56 Å². The number of hydrogen-bond donors (Lipinski definition) is 1. The molecular weight excluding hydrogens is 344 g/mol. The number of hydrazone groups is 1. The van der Waals surface area contributed by atoms with Crippen LogP contribution in [-0.4, -0.2) is 25.0 Å². The van der Waals surface area contributed by atoms with Gasteiger partial charge in [0.05, 0.1) is 5.71 Å². The van der Waals surface area contributed by atoms with Crippen molar-refractivity contribution >= 4 is 11.6 Å². The summed E-state index contributed by atoms with van der Waals surface area (Å²) in [5.74, 6) is 2.12. The zero-order valence-electron chi connectivity index (χ0n) is 16.0. The number of nitrogens with one attached hydrogen (secondary N) is 1. The summed E-state index contributed by atoms with van der Waals surface area (Å²) < 4.78 is 16.4. The number of benzene rings is 2. The van der Waals surface area contributed by atoms with Crippen LogP contribution < -0.4 is 19.6 Å². The smallest absolute Gasteiger partial charge is 0.277 e. The second kappa shape index (κ2) is 8.12. The second-order valence-electron chi connectivity index (χ2n) is 6.78. The Morgan fingerprint density at radius 2 is 1.96 bits per heavy atom. The van der Waals surface area contributed by atoms with Crippen LogP contribution in [0.2, 0.25) is 0 Å². The topological polar surface area (TPSA) is 69.2 Å². The molecule has 1 aliphatic heterocycles. The van der Waals surface area contributed by atoms with Crippen LogP contribution >= 0.6 is 0 Å². The van der Waals surface area contributed by atoms with Gasteiger partial charge in [-0.1, -0.05) is 26.0 Å². The summed E-state index contributed by atoms with van der Waals surface area (Å²) in [4.78, 5) is 12.1. The molecule has 6 heteroatoms. The molecule has 1 heterocycles. The van der Waals surface area contributed by atoms with Crippen molar-refractivity contribution in [3.63, 3.8) is 0 Å². The molecule has 0 aromatic heterocycles. The molecule has 27 heavy (non-hydrogen) atoms. The molecule has 1 N–H and O–H groups in total. The lowest BCUT2D eigenvalue weighted by Crippen LogP contribution is -2.26. The lowest BCUT2D eigenvalue weighted by atomic mass is 10.0. The number of fused-ring (bicyclic) bond motifs is 1. The summed E-state index contributed by atoms with van der Waals surface area (Å²) in [6, 6.07) is 11.6. The Hall–Kier alpha value is -3.02. The van der Waals surface area contributed by atoms with E-state index in [2.05, 4.69) is 24.4 Å². The highest BCUT2D eigenvalue weighted by Gasteiger charge is 2.14. The average Bonchev–Trinajstić information content (AvgIpc) is 3.11. The molecule has 142 valence electrons. The van der Waals surface area contributed by atoms with Crippen LogP contribution in [0, 0.1) is 6.92 Å². The SMILES string of the molecule is C/C(=N/NC(=O)COc1cc(C)ccc1C(C)C)c1ccc2c(c1)OCO2. The van der Waals surface area contributed by atoms with Crippen LogP contribution in [0.15, 0.2) is 41.5 Å². The van der Waals surface area contributed by atoms with Crippen molar-refractivity contribution in [1.29, 1.82) is 0 Å². The predicted molar refractivity (Wildman–Crippen MR) is 104 cm³/mol. The van der Waals surface area contributed by atoms with E-state index < -0.39 is 0 Å². The Bertz CT molecular complexity index is 874. The molecule has 2 aromatic carbocycles. The summed E-state index contributed by atoms with van der Waals surface area (Å²) in [7, 11) is 0. The first-order valence-corrected chi connectivity index (χ1v) is 8.90. The average molecular weight is 368 g/mol. The first-order chi connectivity index (χ1) is 12.9. The van der Waals surface area contributed by atoms with Crippen LogP contribution in [0.4, 0.5) is 0 Å². The third-order valence-corrected chi connectivity index (χ3v) is 4.29. The van der Waals surface area contributed by atoms with Gasteiger partial charge >= 0.3 is 0 Å². The molecule has 0 unspecified atom stereocenters. The summed E-state index contributed by atoms with van der Waals surface area (Å²) >= 11 is 0. The normalized spacial score (nSPS) is 13.0. The van der Waals surface area contributed by atoms with Gasteiger partial charge in [-0.2, -0.15) is 5.10 Å². The molecule has 0 aliphatic carbocycles. The molecule has 0 atom stereocenters. The van der Waals surface area contributed by atoms with E-state index in [0.717, 1.165) is 22.4 Å². The van der Waals surface area contributed by atoms with Crippen LogP contribution in [-0.2, 0) is 4.79 Å². The molecule has 0 saturated carbocycles. The number of ether oxygens (including phenoxy) is 3. The minimum Gasteiger partial charge on any atom is -0.483 e. The zero-order valence-corrected chi connectivity index (χ0v) is 16.0. The summed E-state index contributed by atoms with van der Waals surface area (Å²) in [6.45, 7) is 8.13. The first kappa shape index (κ1) is 18.8. The van der Waals surface area contributed by atoms with Crippen molar-refractivity contribution in [3.05, 3.63) is 53.1 Å². The molecular formula is C21H24N2O4. The van der Waals surface area contributed by atoms with Crippen molar-refractivity contribution in [1.82, 2.24) is 5.43 Å². The van der Waals surface area contributed by atoms with Gasteiger partial charge in [-0.25, -0.2) is 5.43 Å². The van der Waals surface area contributed by atoms with E-state index in [-0.39, 0.29) is 19.3 Å². The number of rotatable bonds is 6. The Kier molecular flexibility index (Phi) is 5.64. The number of amides is 1. The molecule has 0 spiro atoms. The maximum atomic E-state index is 12.1. The van der Waals surface area contributed by atoms with E-state index in [4.69, 9.17) is 14.2 Å². The molecule has 2 aromatic rings. The third kappa shape index (κ3) is 4.58. The third-order valence-electron chi connectivity index (χ3n) is 4.29. The van der Waals surface area contributed by atoms with Crippen LogP contribution in [0.3, 0.4) is 0 Å². The van der Waals surface area contributed by atoms with Gasteiger partial charge in [0.2, 0.25) is 6.79 Å². The van der Waals surface area contributed by atoms with Crippen molar-refractivity contribution in [3.8, 4) is 17.2 Å². The van der Waals surface area contributed by atoms with Gasteiger partial charge in [0.1, 0.15) is 5.75 Å². The maximum absolute atomic E-state index is 12.1. The Morgan fingerprint density at radius 1 is 1.19 bits per heavy atom. The summed E-state index contributed by atoms with van der Waals surface area (Å²) in [5.41, 5.74) is 6.22. The van der Waals surface area contributed by atoms with Crippen molar-refractivity contribution < 1.29 is 19.0 Å². The highest BCUT2D eigenvalue weighted by Crippen LogP contribution is 2.32. The molecule has 3 rings (SSSR count). The molecule has 0 radical (unpaired) electrons. The van der Waals surface area contributed by atoms with Gasteiger partial charge in [0.25, 0.3) is 5.91 Å². The maximum Gasteiger partial charge on any atom is 0.277 e. The van der Waals surface area contributed by atoms with Crippen LogP contribution in [0.1, 0.15) is 43.4 Å². The van der Waals surface area contributed by atoms with Crippen molar-refractivity contribution in [2.24, 2.45) is 5.10 Å². The van der Waals surface area contributed by atoms with Crippen LogP contribution in [0.5, 0.6) is 17.2 Å². The van der Waals surface area contributed by atoms with Gasteiger partial charge in [-0.3, -0.25) is 4.79 Å². The minimum absolute atomic E-state index is 0.0961. The predicted octanol–water partition coefficient (Wildman–Crippen LogP) is 3.77. The summed E-state index contributed by atoms with van der Waals surface area (Å²) in [6.07, 6.45) is 0. The lowest BCUT2D eigenvalue weighted by molar-refractivity contribution is -0.123. The molecule has 0 saturated heterocycles. The number of hydrogen-bond acceptors (Lipinski definition) is 5. The largest absolute Gasteiger partial charge is 0.483 e. The van der Waals surface area contributed by atoms with E-state index >= 15 is 0 Å². The molecule has 0 bridgehead atoms. The monoisotopic (exact) mass is 368 g/mol. The Labute approximate surface area is 159 Å². The first-order valence-electron chi connectivity index (χ1n) is 8.90. The Balaban J connectivity index is 1.60. The zero-order chi connectivity index (χ0) is 19.4. The Morgan fingerprint density at radius 3 is 2.74 bits per heavy atom. The lowest BCUT2D eigenvalue weighted by Gasteiger charge is -2.14. The van der Waals surface area contributed by atoms with E-state index in [1.165, 1.54) is 0 Å². The van der Waals surface area contributed by atoms with E-state index in [0.29, 0.717) is 23.1 Å². The van der Waals surface area contributed by atoms with Crippen LogP contribution in [0.25, 0.3) is 0 Å². The fourth-order valence-electron chi connectivity index (χ4n) is 2.75. The van der Waals surface area contributed by atoms with Gasteiger partial charge in [-0.15, -0.1) is 0 Å². The minimum atomic E-state index is -0.314. The van der Waals surface area contributed by atoms with E-state index in [9.17, 15) is 4.79 Å². The van der Waals surface area contributed by atoms with E-state index in [1.807, 2.05) is 50.2 Å².